The maximum absolute atomic E-state index is 15.5. The van der Waals surface area contributed by atoms with Crippen molar-refractivity contribution in [2.24, 2.45) is 0 Å². The van der Waals surface area contributed by atoms with Crippen LogP contribution in [0.25, 0.3) is 0 Å². The Kier molecular flexibility index (Phi) is 21.2. The van der Waals surface area contributed by atoms with Gasteiger partial charge in [0.1, 0.15) is 69.3 Å². The van der Waals surface area contributed by atoms with Gasteiger partial charge < -0.3 is 78.7 Å². The van der Waals surface area contributed by atoms with Gasteiger partial charge in [0.05, 0.1) is 0 Å². The van der Waals surface area contributed by atoms with Gasteiger partial charge in [-0.1, -0.05) is 48.5 Å². The third-order valence-electron chi connectivity index (χ3n) is 14.7. The zero-order valence-electron chi connectivity index (χ0n) is 49.4. The molecular formula is C68H52F4O24. The summed E-state index contributed by atoms with van der Waals surface area (Å²) >= 11 is 0. The zero-order valence-corrected chi connectivity index (χ0v) is 49.4. The average molecular weight is 1330 g/mol. The molecule has 8 aromatic rings. The van der Waals surface area contributed by atoms with Gasteiger partial charge in [-0.3, -0.25) is 0 Å². The smallest absolute Gasteiger partial charge is 0.341 e. The molecular weight excluding hydrogens is 1280 g/mol. The number of hydrogen-bond donors (Lipinski definition) is 8. The maximum atomic E-state index is 15.5. The summed E-state index contributed by atoms with van der Waals surface area (Å²) < 4.78 is 110. The van der Waals surface area contributed by atoms with Crippen LogP contribution in [0.2, 0.25) is 0 Å². The van der Waals surface area contributed by atoms with E-state index in [4.69, 9.17) is 37.9 Å². The number of carboxylic acid groups (broad SMARTS) is 8. The highest BCUT2D eigenvalue weighted by Gasteiger charge is 2.38. The third kappa shape index (κ3) is 16.5. The monoisotopic (exact) mass is 1330 g/mol. The number of carbonyl (C=O) groups is 8. The van der Waals surface area contributed by atoms with E-state index < -0.39 is 194 Å². The van der Waals surface area contributed by atoms with Crippen LogP contribution in [-0.2, 0) is 38.4 Å². The largest absolute Gasteiger partial charge is 0.481 e. The highest BCUT2D eigenvalue weighted by molar-refractivity contribution is 5.75. The summed E-state index contributed by atoms with van der Waals surface area (Å²) in [6.45, 7) is -9.47. The number of benzene rings is 8. The lowest BCUT2D eigenvalue weighted by molar-refractivity contribution is -0.140. The van der Waals surface area contributed by atoms with Gasteiger partial charge in [0.15, 0.2) is 52.9 Å². The van der Waals surface area contributed by atoms with Crippen LogP contribution in [0, 0.1) is 23.3 Å². The standard InChI is InChI=1S/C68H52F4O24/c69-37-9-1-33(2-10-37)65-41-17-43(51(91-27-59(77)78)21-49(41)89-25-57(73)74)66(34-3-11-38(70)12-4-34)45-19-47(55(95-31-63(85)86)23-53(45)93-29-61(81)82)68(36-7-15-40(72)16-8-36)48-20-46(54(94-30-62(83)84)24-56(48)96-32-64(87)88)67(35-5-13-39(71)14-6-35)44-18-42(65)50(90-26-58(75)76)22-52(44)92-28-60(79)80/h1-24,65-68H,25-32H2,(H,73,74)(H,75,76)(H,77,78)(H,79,80)(H,81,82)(H,83,84)(H,85,86)(H,87,88). The van der Waals surface area contributed by atoms with Gasteiger partial charge in [-0.15, -0.1) is 0 Å². The van der Waals surface area contributed by atoms with Gasteiger partial charge in [-0.2, -0.15) is 0 Å². The summed E-state index contributed by atoms with van der Waals surface area (Å²) in [6.07, 6.45) is 0. The normalized spacial score (nSPS) is 14.6. The quantitative estimate of drug-likeness (QED) is 0.0212. The Morgan fingerprint density at radius 2 is 0.354 bits per heavy atom. The van der Waals surface area contributed by atoms with Crippen molar-refractivity contribution in [3.8, 4) is 46.0 Å². The van der Waals surface area contributed by atoms with Crippen molar-refractivity contribution in [2.45, 2.75) is 23.7 Å². The predicted octanol–water partition coefficient (Wildman–Crippen LogP) is 8.98. The topological polar surface area (TPSA) is 372 Å². The SMILES string of the molecule is O=C(O)COc1cc(OCC(=O)O)c2cc1C(c1ccc(F)cc1)c1cc(c(OCC(=O)O)cc1OCC(=O)O)C(c1ccc(F)cc1)c1cc(c(OCC(=O)O)cc1OCC(=O)O)C(c1ccc(F)cc1)c1cc(c(OCC(=O)O)cc1OCC(=O)O)C2c1ccc(F)cc1. The molecule has 0 saturated carbocycles. The second-order valence-corrected chi connectivity index (χ2v) is 21.1. The van der Waals surface area contributed by atoms with Gasteiger partial charge in [0.2, 0.25) is 0 Å². The van der Waals surface area contributed by atoms with Gasteiger partial charge in [-0.05, 0) is 95.1 Å². The fourth-order valence-electron chi connectivity index (χ4n) is 11.0. The van der Waals surface area contributed by atoms with Crippen LogP contribution in [0.3, 0.4) is 0 Å². The lowest BCUT2D eigenvalue weighted by Crippen LogP contribution is -2.20. The molecule has 28 heteroatoms. The van der Waals surface area contributed by atoms with Crippen molar-refractivity contribution in [1.29, 1.82) is 0 Å². The molecule has 0 unspecified atom stereocenters. The minimum absolute atomic E-state index is 0.00683. The molecule has 0 atom stereocenters. The van der Waals surface area contributed by atoms with E-state index in [0.29, 0.717) is 0 Å². The van der Waals surface area contributed by atoms with E-state index in [2.05, 4.69) is 0 Å². The minimum atomic E-state index is -1.67. The molecule has 0 amide bonds. The number of rotatable bonds is 28. The first kappa shape index (κ1) is 68.0. The van der Waals surface area contributed by atoms with Crippen LogP contribution in [-0.4, -0.2) is 141 Å². The van der Waals surface area contributed by atoms with Crippen LogP contribution in [0.15, 0.2) is 146 Å². The third-order valence-corrected chi connectivity index (χ3v) is 14.7. The Morgan fingerprint density at radius 3 is 0.469 bits per heavy atom. The summed E-state index contributed by atoms with van der Waals surface area (Å²) in [7, 11) is 0. The van der Waals surface area contributed by atoms with Gasteiger partial charge >= 0.3 is 47.8 Å². The number of ether oxygens (including phenoxy) is 8. The molecule has 0 aromatic heterocycles. The highest BCUT2D eigenvalue weighted by Crippen LogP contribution is 2.55. The number of fused-ring (bicyclic) bond motifs is 8. The number of carboxylic acids is 8. The Bertz CT molecular complexity index is 3580. The van der Waals surface area contributed by atoms with Crippen LogP contribution in [0.1, 0.15) is 90.4 Å². The number of halogens is 4. The first-order valence-corrected chi connectivity index (χ1v) is 28.3. The second kappa shape index (κ2) is 29.9. The summed E-state index contributed by atoms with van der Waals surface area (Å²) in [5, 5.41) is 82.1. The maximum Gasteiger partial charge on any atom is 0.341 e. The fraction of sp³-hybridized carbons (Fsp3) is 0.176. The van der Waals surface area contributed by atoms with Crippen LogP contribution in [0.4, 0.5) is 17.6 Å². The molecule has 1 aliphatic rings. The first-order chi connectivity index (χ1) is 45.8. The second-order valence-electron chi connectivity index (χ2n) is 21.1. The summed E-state index contributed by atoms with van der Waals surface area (Å²) in [4.78, 5) is 101. The van der Waals surface area contributed by atoms with E-state index in [1.807, 2.05) is 0 Å². The van der Waals surface area contributed by atoms with E-state index in [1.165, 1.54) is 72.8 Å². The van der Waals surface area contributed by atoms with Crippen LogP contribution < -0.4 is 37.9 Å². The van der Waals surface area contributed by atoms with Crippen molar-refractivity contribution in [3.63, 3.8) is 0 Å². The molecule has 8 N–H and O–H groups in total. The Balaban J connectivity index is 1.65. The summed E-state index contributed by atoms with van der Waals surface area (Å²) in [5.74, 6) is -26.7. The zero-order chi connectivity index (χ0) is 69.1. The highest BCUT2D eigenvalue weighted by atomic mass is 19.1. The van der Waals surface area contributed by atoms with Crippen molar-refractivity contribution in [1.82, 2.24) is 0 Å². The Hall–Kier alpha value is -12.4. The molecule has 0 spiro atoms. The van der Waals surface area contributed by atoms with Gasteiger partial charge in [0.25, 0.3) is 0 Å². The average Bonchev–Trinajstić information content (AvgIpc) is 0.739. The number of aliphatic carboxylic acids is 8. The van der Waals surface area contributed by atoms with E-state index in [-0.39, 0.29) is 66.8 Å². The first-order valence-electron chi connectivity index (χ1n) is 28.3. The minimum Gasteiger partial charge on any atom is -0.481 e. The molecule has 24 nitrogen and oxygen atoms in total. The van der Waals surface area contributed by atoms with Crippen molar-refractivity contribution in [2.75, 3.05) is 52.9 Å². The van der Waals surface area contributed by atoms with Crippen molar-refractivity contribution < 1.29 is 135 Å². The summed E-state index contributed by atoms with van der Waals surface area (Å²) in [5.41, 5.74) is -1.79. The molecule has 496 valence electrons. The molecule has 0 aliphatic heterocycles. The lowest BCUT2D eigenvalue weighted by atomic mass is 9.75. The summed E-state index contributed by atoms with van der Waals surface area (Å²) in [6, 6.07) is 27.0. The molecule has 0 saturated heterocycles. The molecule has 0 radical (unpaired) electrons. The van der Waals surface area contributed by atoms with E-state index in [9.17, 15) is 79.2 Å². The molecule has 1 aliphatic carbocycles. The van der Waals surface area contributed by atoms with Crippen molar-refractivity contribution >= 4 is 47.8 Å². The Morgan fingerprint density at radius 1 is 0.229 bits per heavy atom. The Labute approximate surface area is 538 Å². The fourth-order valence-corrected chi connectivity index (χ4v) is 11.0. The number of hydrogen-bond acceptors (Lipinski definition) is 16. The molecule has 96 heavy (non-hydrogen) atoms. The molecule has 8 aromatic carbocycles. The van der Waals surface area contributed by atoms with Crippen molar-refractivity contribution in [3.05, 3.63) is 236 Å². The molecule has 0 heterocycles. The van der Waals surface area contributed by atoms with Gasteiger partial charge in [-0.25, -0.2) is 55.9 Å². The lowest BCUT2D eigenvalue weighted by Gasteiger charge is -2.32. The van der Waals surface area contributed by atoms with E-state index in [1.54, 1.807) is 0 Å². The van der Waals surface area contributed by atoms with Gasteiger partial charge in [0, 0.05) is 92.4 Å². The predicted molar refractivity (Wildman–Crippen MR) is 320 cm³/mol. The molecule has 0 fully saturated rings. The van der Waals surface area contributed by atoms with E-state index in [0.717, 1.165) is 72.8 Å². The van der Waals surface area contributed by atoms with Crippen LogP contribution >= 0.6 is 0 Å². The molecule has 9 rings (SSSR count). The molecule has 8 bridgehead atoms. The van der Waals surface area contributed by atoms with E-state index >= 15 is 17.6 Å². The van der Waals surface area contributed by atoms with Crippen LogP contribution in [0.5, 0.6) is 46.0 Å².